The van der Waals surface area contributed by atoms with Crippen molar-refractivity contribution in [3.63, 3.8) is 0 Å². The molecule has 138 valence electrons. The van der Waals surface area contributed by atoms with Crippen LogP contribution in [0, 0.1) is 10.6 Å². The Bertz CT molecular complexity index is 1050. The van der Waals surface area contributed by atoms with E-state index in [1.54, 1.807) is 30.3 Å². The van der Waals surface area contributed by atoms with Crippen LogP contribution in [0.15, 0.2) is 58.6 Å². The van der Waals surface area contributed by atoms with Crippen LogP contribution < -0.4 is 15.0 Å². The van der Waals surface area contributed by atoms with E-state index in [1.807, 2.05) is 0 Å². The fraction of sp³-hybridized carbons (Fsp3) is 0.111. The molecule has 1 N–H and O–H groups in total. The summed E-state index contributed by atoms with van der Waals surface area (Å²) in [5, 5.41) is 10.2. The second-order valence-electron chi connectivity index (χ2n) is 5.36. The van der Waals surface area contributed by atoms with Gasteiger partial charge in [-0.2, -0.15) is 14.9 Å². The molecular weight excluding hydrogens is 371 g/mol. The molecule has 7 nitrogen and oxygen atoms in total. The first-order chi connectivity index (χ1) is 13.1. The van der Waals surface area contributed by atoms with E-state index >= 15 is 0 Å². The number of halogens is 1. The Morgan fingerprint density at radius 2 is 2.07 bits per heavy atom. The summed E-state index contributed by atoms with van der Waals surface area (Å²) in [6.07, 6.45) is 2.51. The van der Waals surface area contributed by atoms with Gasteiger partial charge in [0.15, 0.2) is 11.5 Å². The van der Waals surface area contributed by atoms with Crippen molar-refractivity contribution in [3.05, 3.63) is 80.7 Å². The highest BCUT2D eigenvalue weighted by Crippen LogP contribution is 2.30. The molecule has 0 spiro atoms. The Morgan fingerprint density at radius 3 is 2.78 bits per heavy atom. The van der Waals surface area contributed by atoms with Gasteiger partial charge in [-0.25, -0.2) is 4.39 Å². The van der Waals surface area contributed by atoms with Gasteiger partial charge in [-0.15, -0.1) is 0 Å². The molecule has 0 fully saturated rings. The summed E-state index contributed by atoms with van der Waals surface area (Å²) >= 11 is 5.01. The van der Waals surface area contributed by atoms with E-state index in [2.05, 4.69) is 15.3 Å². The van der Waals surface area contributed by atoms with Crippen molar-refractivity contribution >= 4 is 18.4 Å². The summed E-state index contributed by atoms with van der Waals surface area (Å²) in [5.74, 6) is 0.613. The van der Waals surface area contributed by atoms with E-state index in [9.17, 15) is 9.18 Å². The van der Waals surface area contributed by atoms with Gasteiger partial charge in [-0.1, -0.05) is 18.2 Å². The highest BCUT2D eigenvalue weighted by Gasteiger charge is 2.10. The maximum absolute atomic E-state index is 13.0. The van der Waals surface area contributed by atoms with Crippen molar-refractivity contribution in [1.29, 1.82) is 0 Å². The summed E-state index contributed by atoms with van der Waals surface area (Å²) in [5.41, 5.74) is 0.902. The number of benzene rings is 2. The smallest absolute Gasteiger partial charge is 0.293 e. The standard InChI is InChI=1S/C18H15FN4O3S/c1-25-15-4-2-3-13(9-21-23-16(24)10-20-22-18(23)27)17(15)26-11-12-5-7-14(19)8-6-12/h2-10H,11H2,1H3,(H,22,27)/b21-9+. The van der Waals surface area contributed by atoms with E-state index in [4.69, 9.17) is 21.7 Å². The van der Waals surface area contributed by atoms with Crippen molar-refractivity contribution in [1.82, 2.24) is 14.9 Å². The van der Waals surface area contributed by atoms with Crippen LogP contribution >= 0.6 is 12.2 Å². The molecule has 27 heavy (non-hydrogen) atoms. The highest BCUT2D eigenvalue weighted by atomic mass is 32.1. The summed E-state index contributed by atoms with van der Waals surface area (Å²) in [6.45, 7) is 0.205. The van der Waals surface area contributed by atoms with E-state index in [0.29, 0.717) is 17.1 Å². The van der Waals surface area contributed by atoms with E-state index in [0.717, 1.165) is 16.4 Å². The average molecular weight is 386 g/mol. The first kappa shape index (κ1) is 18.5. The van der Waals surface area contributed by atoms with Gasteiger partial charge in [-0.3, -0.25) is 9.89 Å². The molecule has 0 radical (unpaired) electrons. The zero-order chi connectivity index (χ0) is 19.2. The topological polar surface area (TPSA) is 81.5 Å². The van der Waals surface area contributed by atoms with Crippen LogP contribution in [-0.4, -0.2) is 28.2 Å². The maximum atomic E-state index is 13.0. The number of H-pyrrole nitrogens is 1. The average Bonchev–Trinajstić information content (AvgIpc) is 2.67. The van der Waals surface area contributed by atoms with Crippen LogP contribution in [0.2, 0.25) is 0 Å². The molecule has 2 aromatic carbocycles. The number of aromatic nitrogens is 3. The minimum absolute atomic E-state index is 0.0652. The SMILES string of the molecule is COc1cccc(/C=N/n2c(=O)cn[nH]c2=S)c1OCc1ccc(F)cc1. The maximum Gasteiger partial charge on any atom is 0.293 e. The fourth-order valence-corrected chi connectivity index (χ4v) is 2.45. The molecule has 0 aliphatic carbocycles. The van der Waals surface area contributed by atoms with Crippen LogP contribution in [0.4, 0.5) is 4.39 Å². The van der Waals surface area contributed by atoms with E-state index in [-0.39, 0.29) is 17.2 Å². The number of hydrogen-bond donors (Lipinski definition) is 1. The number of hydrogen-bond acceptors (Lipinski definition) is 6. The Kier molecular flexibility index (Phi) is 5.72. The lowest BCUT2D eigenvalue weighted by Crippen LogP contribution is -2.18. The van der Waals surface area contributed by atoms with Crippen LogP contribution in [0.3, 0.4) is 0 Å². The molecular formula is C18H15FN4O3S. The molecule has 0 unspecified atom stereocenters. The monoisotopic (exact) mass is 386 g/mol. The molecule has 1 heterocycles. The van der Waals surface area contributed by atoms with Gasteiger partial charge in [0.1, 0.15) is 18.6 Å². The predicted molar refractivity (Wildman–Crippen MR) is 100 cm³/mol. The van der Waals surface area contributed by atoms with Gasteiger partial charge >= 0.3 is 0 Å². The summed E-state index contributed by atoms with van der Waals surface area (Å²) in [7, 11) is 1.52. The molecule has 0 aliphatic heterocycles. The van der Waals surface area contributed by atoms with E-state index < -0.39 is 5.56 Å². The zero-order valence-electron chi connectivity index (χ0n) is 14.3. The Hall–Kier alpha value is -3.33. The first-order valence-electron chi connectivity index (χ1n) is 7.84. The lowest BCUT2D eigenvalue weighted by atomic mass is 10.2. The number of ether oxygens (including phenoxy) is 2. The molecule has 1 aromatic heterocycles. The Morgan fingerprint density at radius 1 is 1.30 bits per heavy atom. The normalized spacial score (nSPS) is 10.9. The lowest BCUT2D eigenvalue weighted by molar-refractivity contribution is 0.284. The second-order valence-corrected chi connectivity index (χ2v) is 5.75. The van der Waals surface area contributed by atoms with Crippen molar-refractivity contribution < 1.29 is 13.9 Å². The molecule has 9 heteroatoms. The third-order valence-electron chi connectivity index (χ3n) is 3.57. The van der Waals surface area contributed by atoms with E-state index in [1.165, 1.54) is 25.5 Å². The van der Waals surface area contributed by atoms with Gasteiger partial charge in [-0.05, 0) is 42.0 Å². The van der Waals surface area contributed by atoms with Crippen molar-refractivity contribution in [2.24, 2.45) is 5.10 Å². The Labute approximate surface area is 158 Å². The van der Waals surface area contributed by atoms with Gasteiger partial charge < -0.3 is 9.47 Å². The summed E-state index contributed by atoms with van der Waals surface area (Å²) < 4.78 is 25.3. The number of aromatic amines is 1. The minimum Gasteiger partial charge on any atom is -0.493 e. The van der Waals surface area contributed by atoms with Gasteiger partial charge in [0.05, 0.1) is 13.3 Å². The summed E-state index contributed by atoms with van der Waals surface area (Å²) in [4.78, 5) is 11.8. The van der Waals surface area contributed by atoms with Gasteiger partial charge in [0.25, 0.3) is 5.56 Å². The molecule has 0 saturated heterocycles. The number of para-hydroxylation sites is 1. The number of methoxy groups -OCH3 is 1. The van der Waals surface area contributed by atoms with Crippen LogP contribution in [0.25, 0.3) is 0 Å². The van der Waals surface area contributed by atoms with Crippen molar-refractivity contribution in [2.45, 2.75) is 6.61 Å². The molecule has 3 rings (SSSR count). The largest absolute Gasteiger partial charge is 0.493 e. The third-order valence-corrected chi connectivity index (χ3v) is 3.84. The van der Waals surface area contributed by atoms with Crippen LogP contribution in [-0.2, 0) is 6.61 Å². The predicted octanol–water partition coefficient (Wildman–Crippen LogP) is 2.91. The number of rotatable bonds is 6. The first-order valence-corrected chi connectivity index (χ1v) is 8.24. The third kappa shape index (κ3) is 4.45. The van der Waals surface area contributed by atoms with Gasteiger partial charge in [0.2, 0.25) is 4.77 Å². The number of nitrogens with one attached hydrogen (secondary N) is 1. The Balaban J connectivity index is 1.91. The van der Waals surface area contributed by atoms with Crippen molar-refractivity contribution in [3.8, 4) is 11.5 Å². The fourth-order valence-electron chi connectivity index (χ4n) is 2.26. The van der Waals surface area contributed by atoms with Crippen LogP contribution in [0.5, 0.6) is 11.5 Å². The molecule has 0 bridgehead atoms. The lowest BCUT2D eigenvalue weighted by Gasteiger charge is -2.13. The number of nitrogens with zero attached hydrogens (tertiary/aromatic N) is 3. The second kappa shape index (κ2) is 8.37. The molecule has 0 aliphatic rings. The highest BCUT2D eigenvalue weighted by molar-refractivity contribution is 7.71. The molecule has 0 amide bonds. The van der Waals surface area contributed by atoms with Crippen LogP contribution in [0.1, 0.15) is 11.1 Å². The molecule has 0 saturated carbocycles. The molecule has 3 aromatic rings. The zero-order valence-corrected chi connectivity index (χ0v) is 15.1. The van der Waals surface area contributed by atoms with Gasteiger partial charge in [0, 0.05) is 5.56 Å². The molecule has 0 atom stereocenters. The minimum atomic E-state index is -0.466. The summed E-state index contributed by atoms with van der Waals surface area (Å²) in [6, 6.07) is 11.2. The quantitative estimate of drug-likeness (QED) is 0.520. The van der Waals surface area contributed by atoms with Crippen molar-refractivity contribution in [2.75, 3.05) is 7.11 Å².